The molecular weight excluding hydrogens is 256 g/mol. The molecule has 0 radical (unpaired) electrons. The Hall–Kier alpha value is -1.14. The van der Waals surface area contributed by atoms with E-state index in [2.05, 4.69) is 17.6 Å². The number of thiol groups is 1. The van der Waals surface area contributed by atoms with Gasteiger partial charge < -0.3 is 4.42 Å². The third kappa shape index (κ3) is 1.81. The largest absolute Gasteiger partial charge is 0.421 e. The molecular formula is C11H10N2O2S2. The average Bonchev–Trinajstić information content (AvgIpc) is 2.94. The van der Waals surface area contributed by atoms with Crippen LogP contribution in [0.5, 0.6) is 0 Å². The fraction of sp³-hybridized carbons (Fsp3) is 0.273. The van der Waals surface area contributed by atoms with Gasteiger partial charge in [-0.15, -0.1) is 24.4 Å². The molecule has 4 nitrogen and oxygen atoms in total. The number of hydrogen-bond donors (Lipinski definition) is 1. The zero-order valence-corrected chi connectivity index (χ0v) is 10.6. The summed E-state index contributed by atoms with van der Waals surface area (Å²) in [6.07, 6.45) is 0. The maximum atomic E-state index is 11.8. The van der Waals surface area contributed by atoms with E-state index >= 15 is 0 Å². The molecule has 2 aromatic rings. The van der Waals surface area contributed by atoms with E-state index in [1.165, 1.54) is 4.57 Å². The number of nitrogens with zero attached hydrogens (tertiary/aromatic N) is 2. The fourth-order valence-electron chi connectivity index (χ4n) is 1.83. The van der Waals surface area contributed by atoms with E-state index in [0.29, 0.717) is 5.58 Å². The molecule has 17 heavy (non-hydrogen) atoms. The number of aliphatic imine (C=N–C) groups is 1. The third-order valence-electron chi connectivity index (χ3n) is 2.59. The summed E-state index contributed by atoms with van der Waals surface area (Å²) in [7, 11) is 0. The van der Waals surface area contributed by atoms with Gasteiger partial charge in [-0.1, -0.05) is 12.1 Å². The van der Waals surface area contributed by atoms with Crippen LogP contribution in [0.15, 0.2) is 38.5 Å². The lowest BCUT2D eigenvalue weighted by Gasteiger charge is -2.10. The summed E-state index contributed by atoms with van der Waals surface area (Å²) in [6, 6.07) is 7.34. The zero-order valence-electron chi connectivity index (χ0n) is 8.87. The molecule has 88 valence electrons. The predicted molar refractivity (Wildman–Crippen MR) is 73.3 cm³/mol. The summed E-state index contributed by atoms with van der Waals surface area (Å²) >= 11 is 6.12. The van der Waals surface area contributed by atoms with Crippen LogP contribution in [-0.2, 0) is 0 Å². The topological polar surface area (TPSA) is 47.5 Å². The van der Waals surface area contributed by atoms with Gasteiger partial charge in [-0.25, -0.2) is 4.79 Å². The van der Waals surface area contributed by atoms with Gasteiger partial charge >= 0.3 is 5.76 Å². The molecule has 0 fully saturated rings. The molecule has 0 amide bonds. The van der Waals surface area contributed by atoms with Crippen molar-refractivity contribution in [2.24, 2.45) is 4.99 Å². The molecule has 0 bridgehead atoms. The van der Waals surface area contributed by atoms with Gasteiger partial charge in [-0.05, 0) is 12.1 Å². The van der Waals surface area contributed by atoms with Crippen molar-refractivity contribution in [2.75, 3.05) is 12.3 Å². The van der Waals surface area contributed by atoms with E-state index < -0.39 is 0 Å². The third-order valence-corrected chi connectivity index (χ3v) is 4.28. The number of rotatable bonds is 2. The lowest BCUT2D eigenvalue weighted by Crippen LogP contribution is -2.21. The number of thioether (sulfide) groups is 1. The van der Waals surface area contributed by atoms with Gasteiger partial charge in [0.15, 0.2) is 5.58 Å². The highest BCUT2D eigenvalue weighted by Gasteiger charge is 2.22. The van der Waals surface area contributed by atoms with Crippen molar-refractivity contribution < 1.29 is 4.42 Å². The summed E-state index contributed by atoms with van der Waals surface area (Å²) in [4.78, 5) is 16.2. The molecule has 0 spiro atoms. The molecule has 1 aromatic carbocycles. The number of benzene rings is 1. The Kier molecular flexibility index (Phi) is 2.76. The maximum Gasteiger partial charge on any atom is 0.421 e. The SMILES string of the molecule is O=c1oc2ccccc2n1C(S)C1=NCCS1. The van der Waals surface area contributed by atoms with Crippen molar-refractivity contribution in [3.8, 4) is 0 Å². The van der Waals surface area contributed by atoms with Crippen LogP contribution in [-0.4, -0.2) is 21.9 Å². The van der Waals surface area contributed by atoms with Gasteiger partial charge in [0.25, 0.3) is 0 Å². The minimum Gasteiger partial charge on any atom is -0.408 e. The lowest BCUT2D eigenvalue weighted by molar-refractivity contribution is 0.522. The van der Waals surface area contributed by atoms with E-state index in [1.807, 2.05) is 18.2 Å². The van der Waals surface area contributed by atoms with Crippen molar-refractivity contribution in [2.45, 2.75) is 5.37 Å². The second-order valence-electron chi connectivity index (χ2n) is 3.65. The van der Waals surface area contributed by atoms with Crippen LogP contribution in [0.3, 0.4) is 0 Å². The van der Waals surface area contributed by atoms with Crippen LogP contribution < -0.4 is 5.76 Å². The molecule has 2 heterocycles. The Labute approximate surface area is 107 Å². The van der Waals surface area contributed by atoms with Gasteiger partial charge in [0.1, 0.15) is 10.4 Å². The van der Waals surface area contributed by atoms with Crippen LogP contribution in [0.2, 0.25) is 0 Å². The van der Waals surface area contributed by atoms with Crippen molar-refractivity contribution in [1.82, 2.24) is 4.57 Å². The van der Waals surface area contributed by atoms with Gasteiger partial charge in [0, 0.05) is 12.3 Å². The van der Waals surface area contributed by atoms with Crippen molar-refractivity contribution >= 4 is 40.5 Å². The first kappa shape index (κ1) is 11.0. The standard InChI is InChI=1S/C11H10N2O2S2/c14-11-13(10(16)9-12-5-6-17-9)7-3-1-2-4-8(7)15-11/h1-4,10,16H,5-6H2. The Morgan fingerprint density at radius 1 is 1.47 bits per heavy atom. The molecule has 1 aliphatic rings. The number of hydrogen-bond acceptors (Lipinski definition) is 5. The molecule has 1 unspecified atom stereocenters. The van der Waals surface area contributed by atoms with Crippen molar-refractivity contribution in [3.63, 3.8) is 0 Å². The fourth-order valence-corrected chi connectivity index (χ4v) is 3.19. The summed E-state index contributed by atoms with van der Waals surface area (Å²) in [5.41, 5.74) is 1.34. The first-order valence-corrected chi connectivity index (χ1v) is 6.73. The van der Waals surface area contributed by atoms with Crippen LogP contribution in [0.1, 0.15) is 5.37 Å². The molecule has 1 aliphatic heterocycles. The second-order valence-corrected chi connectivity index (χ2v) is 5.25. The quantitative estimate of drug-likeness (QED) is 0.847. The zero-order chi connectivity index (χ0) is 11.8. The van der Waals surface area contributed by atoms with Crippen molar-refractivity contribution in [3.05, 3.63) is 34.8 Å². The summed E-state index contributed by atoms with van der Waals surface area (Å²) in [5, 5.41) is 0.528. The minimum absolute atomic E-state index is 0.348. The summed E-state index contributed by atoms with van der Waals surface area (Å²) in [6.45, 7) is 0.793. The molecule has 0 saturated carbocycles. The van der Waals surface area contributed by atoms with Crippen molar-refractivity contribution in [1.29, 1.82) is 0 Å². The first-order chi connectivity index (χ1) is 8.27. The number of fused-ring (bicyclic) bond motifs is 1. The van der Waals surface area contributed by atoms with Gasteiger partial charge in [-0.2, -0.15) is 0 Å². The van der Waals surface area contributed by atoms with E-state index in [0.717, 1.165) is 22.9 Å². The molecule has 6 heteroatoms. The van der Waals surface area contributed by atoms with E-state index in [-0.39, 0.29) is 11.1 Å². The summed E-state index contributed by atoms with van der Waals surface area (Å²) < 4.78 is 6.71. The Morgan fingerprint density at radius 2 is 2.29 bits per heavy atom. The van der Waals surface area contributed by atoms with Gasteiger partial charge in [0.2, 0.25) is 0 Å². The monoisotopic (exact) mass is 266 g/mol. The van der Waals surface area contributed by atoms with Crippen LogP contribution in [0, 0.1) is 0 Å². The number of oxazole rings is 1. The van der Waals surface area contributed by atoms with E-state index in [9.17, 15) is 4.79 Å². The first-order valence-electron chi connectivity index (χ1n) is 5.22. The average molecular weight is 266 g/mol. The van der Waals surface area contributed by atoms with E-state index in [4.69, 9.17) is 4.42 Å². The Balaban J connectivity index is 2.16. The second kappa shape index (κ2) is 4.27. The van der Waals surface area contributed by atoms with E-state index in [1.54, 1.807) is 17.8 Å². The van der Waals surface area contributed by atoms with Gasteiger partial charge in [-0.3, -0.25) is 9.56 Å². The molecule has 3 rings (SSSR count). The number of aromatic nitrogens is 1. The Morgan fingerprint density at radius 3 is 3.06 bits per heavy atom. The highest BCUT2D eigenvalue weighted by molar-refractivity contribution is 8.15. The highest BCUT2D eigenvalue weighted by atomic mass is 32.2. The lowest BCUT2D eigenvalue weighted by atomic mass is 10.3. The normalized spacial score (nSPS) is 17.4. The molecule has 0 saturated heterocycles. The molecule has 0 aliphatic carbocycles. The predicted octanol–water partition coefficient (Wildman–Crippen LogP) is 2.17. The Bertz CT molecular complexity index is 644. The molecule has 1 atom stereocenters. The van der Waals surface area contributed by atoms with Gasteiger partial charge in [0.05, 0.1) is 5.52 Å². The van der Waals surface area contributed by atoms with Crippen LogP contribution in [0.4, 0.5) is 0 Å². The minimum atomic E-state index is -0.388. The number of para-hydroxylation sites is 2. The molecule has 0 N–H and O–H groups in total. The van der Waals surface area contributed by atoms with Crippen LogP contribution >= 0.6 is 24.4 Å². The summed E-state index contributed by atoms with van der Waals surface area (Å²) in [5.74, 6) is 0.568. The highest BCUT2D eigenvalue weighted by Crippen LogP contribution is 2.27. The smallest absolute Gasteiger partial charge is 0.408 e. The van der Waals surface area contributed by atoms with Crippen LogP contribution in [0.25, 0.3) is 11.1 Å². The maximum absolute atomic E-state index is 11.8. The molecule has 1 aromatic heterocycles.